The van der Waals surface area contributed by atoms with Crippen LogP contribution >= 0.6 is 0 Å². The minimum Gasteiger partial charge on any atom is -0.478 e. The Morgan fingerprint density at radius 3 is 3.07 bits per heavy atom. The normalized spacial score (nSPS) is 20.4. The summed E-state index contributed by atoms with van der Waals surface area (Å²) in [5, 5.41) is 16.4. The third kappa shape index (κ3) is 1.34. The second-order valence-electron chi connectivity index (χ2n) is 3.01. The molecule has 0 spiro atoms. The van der Waals surface area contributed by atoms with Crippen LogP contribution in [0.3, 0.4) is 0 Å². The van der Waals surface area contributed by atoms with Crippen molar-refractivity contribution in [1.29, 1.82) is 0 Å². The first-order valence-corrected chi connectivity index (χ1v) is 4.12. The summed E-state index contributed by atoms with van der Waals surface area (Å²) >= 11 is 0. The van der Waals surface area contributed by atoms with E-state index in [2.05, 4.69) is 10.3 Å². The Balaban J connectivity index is 2.17. The van der Waals surface area contributed by atoms with Crippen LogP contribution in [-0.2, 0) is 16.7 Å². The Morgan fingerprint density at radius 1 is 1.79 bits per heavy atom. The molecule has 1 aromatic heterocycles. The molecule has 0 saturated carbocycles. The van der Waals surface area contributed by atoms with Crippen molar-refractivity contribution in [2.24, 2.45) is 12.2 Å². The van der Waals surface area contributed by atoms with Crippen molar-refractivity contribution in [1.82, 2.24) is 9.78 Å². The van der Waals surface area contributed by atoms with E-state index in [0.29, 0.717) is 5.71 Å². The van der Waals surface area contributed by atoms with Gasteiger partial charge < -0.3 is 9.94 Å². The van der Waals surface area contributed by atoms with E-state index in [1.54, 1.807) is 24.0 Å². The molecule has 0 amide bonds. The highest BCUT2D eigenvalue weighted by Crippen LogP contribution is 2.15. The standard InChI is InChI=1S/C8H9N3O3/c1-11-6(2-3-9-11)5-4-7(8(12)13)14-10-5/h2-3,7H,4H2,1H3,(H,12,13). The number of hydrogen-bond acceptors (Lipinski definition) is 4. The number of carboxylic acids is 1. The van der Waals surface area contributed by atoms with Crippen molar-refractivity contribution >= 4 is 11.7 Å². The van der Waals surface area contributed by atoms with Gasteiger partial charge in [-0.25, -0.2) is 4.79 Å². The van der Waals surface area contributed by atoms with Crippen molar-refractivity contribution in [2.45, 2.75) is 12.5 Å². The summed E-state index contributed by atoms with van der Waals surface area (Å²) in [6.45, 7) is 0. The SMILES string of the molecule is Cn1nccc1C1=NOC(C(=O)O)C1. The summed E-state index contributed by atoms with van der Waals surface area (Å²) in [5.41, 5.74) is 1.41. The molecule has 1 aromatic rings. The lowest BCUT2D eigenvalue weighted by molar-refractivity contribution is -0.148. The van der Waals surface area contributed by atoms with Gasteiger partial charge >= 0.3 is 5.97 Å². The summed E-state index contributed by atoms with van der Waals surface area (Å²) in [6, 6.07) is 1.77. The Labute approximate surface area is 79.8 Å². The second-order valence-corrected chi connectivity index (χ2v) is 3.01. The van der Waals surface area contributed by atoms with E-state index >= 15 is 0 Å². The van der Waals surface area contributed by atoms with Gasteiger partial charge in [-0.05, 0) is 6.07 Å². The minimum atomic E-state index is -0.995. The molecule has 0 bridgehead atoms. The molecular formula is C8H9N3O3. The van der Waals surface area contributed by atoms with E-state index in [-0.39, 0.29) is 6.42 Å². The van der Waals surface area contributed by atoms with E-state index < -0.39 is 12.1 Å². The van der Waals surface area contributed by atoms with Gasteiger partial charge in [0.15, 0.2) is 0 Å². The van der Waals surface area contributed by atoms with Crippen molar-refractivity contribution < 1.29 is 14.7 Å². The quantitative estimate of drug-likeness (QED) is 0.720. The first-order chi connectivity index (χ1) is 6.68. The highest BCUT2D eigenvalue weighted by Gasteiger charge is 2.29. The maximum absolute atomic E-state index is 10.6. The molecule has 1 aliphatic rings. The zero-order valence-corrected chi connectivity index (χ0v) is 7.54. The van der Waals surface area contributed by atoms with Crippen LogP contribution in [0.25, 0.3) is 0 Å². The molecule has 0 fully saturated rings. The number of oxime groups is 1. The number of aromatic nitrogens is 2. The number of carbonyl (C=O) groups is 1. The van der Waals surface area contributed by atoms with Crippen molar-refractivity contribution in [2.75, 3.05) is 0 Å². The van der Waals surface area contributed by atoms with Crippen molar-refractivity contribution in [3.05, 3.63) is 18.0 Å². The number of hydrogen-bond donors (Lipinski definition) is 1. The van der Waals surface area contributed by atoms with Gasteiger partial charge in [0.2, 0.25) is 6.10 Å². The van der Waals surface area contributed by atoms with Crippen LogP contribution in [0.2, 0.25) is 0 Å². The van der Waals surface area contributed by atoms with Crippen LogP contribution in [0.4, 0.5) is 0 Å². The van der Waals surface area contributed by atoms with Crippen LogP contribution in [0, 0.1) is 0 Å². The highest BCUT2D eigenvalue weighted by atomic mass is 16.7. The fourth-order valence-electron chi connectivity index (χ4n) is 1.32. The Hall–Kier alpha value is -1.85. The van der Waals surface area contributed by atoms with E-state index in [1.165, 1.54) is 0 Å². The molecule has 1 N–H and O–H groups in total. The van der Waals surface area contributed by atoms with Crippen molar-refractivity contribution in [3.63, 3.8) is 0 Å². The second kappa shape index (κ2) is 3.13. The molecule has 14 heavy (non-hydrogen) atoms. The van der Waals surface area contributed by atoms with E-state index in [4.69, 9.17) is 9.94 Å². The van der Waals surface area contributed by atoms with E-state index in [0.717, 1.165) is 5.69 Å². The minimum absolute atomic E-state index is 0.287. The van der Waals surface area contributed by atoms with Gasteiger partial charge in [0.25, 0.3) is 0 Å². The molecule has 0 aromatic carbocycles. The molecular weight excluding hydrogens is 186 g/mol. The molecule has 1 unspecified atom stereocenters. The maximum Gasteiger partial charge on any atom is 0.348 e. The molecule has 1 atom stereocenters. The lowest BCUT2D eigenvalue weighted by atomic mass is 10.1. The molecule has 1 aliphatic heterocycles. The zero-order chi connectivity index (χ0) is 10.1. The lowest BCUT2D eigenvalue weighted by Gasteiger charge is -2.00. The van der Waals surface area contributed by atoms with Crippen LogP contribution in [0.15, 0.2) is 17.4 Å². The van der Waals surface area contributed by atoms with Gasteiger partial charge in [-0.15, -0.1) is 0 Å². The van der Waals surface area contributed by atoms with Gasteiger partial charge in [0.05, 0.1) is 5.69 Å². The lowest BCUT2D eigenvalue weighted by Crippen LogP contribution is -2.20. The molecule has 0 aliphatic carbocycles. The fourth-order valence-corrected chi connectivity index (χ4v) is 1.32. The first-order valence-electron chi connectivity index (χ1n) is 4.12. The van der Waals surface area contributed by atoms with Crippen LogP contribution in [0.5, 0.6) is 0 Å². The number of aliphatic carboxylic acids is 1. The number of carboxylic acid groups (broad SMARTS) is 1. The fraction of sp³-hybridized carbons (Fsp3) is 0.375. The van der Waals surface area contributed by atoms with E-state index in [1.807, 2.05) is 0 Å². The monoisotopic (exact) mass is 195 g/mol. The molecule has 2 heterocycles. The average molecular weight is 195 g/mol. The predicted molar refractivity (Wildman–Crippen MR) is 46.9 cm³/mol. The average Bonchev–Trinajstić information content (AvgIpc) is 2.71. The maximum atomic E-state index is 10.6. The number of rotatable bonds is 2. The first kappa shape index (κ1) is 8.74. The Morgan fingerprint density at radius 2 is 2.57 bits per heavy atom. The Bertz CT molecular complexity index is 396. The smallest absolute Gasteiger partial charge is 0.348 e. The molecule has 2 rings (SSSR count). The summed E-state index contributed by atoms with van der Waals surface area (Å²) in [6.07, 6.45) is 1.06. The van der Waals surface area contributed by atoms with Gasteiger partial charge in [0, 0.05) is 19.7 Å². The highest BCUT2D eigenvalue weighted by molar-refractivity contribution is 6.02. The van der Waals surface area contributed by atoms with E-state index in [9.17, 15) is 4.79 Å². The number of aryl methyl sites for hydroxylation is 1. The van der Waals surface area contributed by atoms with Crippen LogP contribution in [0.1, 0.15) is 12.1 Å². The molecule has 0 radical (unpaired) electrons. The van der Waals surface area contributed by atoms with Crippen molar-refractivity contribution in [3.8, 4) is 0 Å². The molecule has 6 heteroatoms. The van der Waals surface area contributed by atoms with Gasteiger partial charge in [-0.3, -0.25) is 4.68 Å². The molecule has 6 nitrogen and oxygen atoms in total. The summed E-state index contributed by atoms with van der Waals surface area (Å²) in [7, 11) is 1.77. The third-order valence-electron chi connectivity index (χ3n) is 2.06. The zero-order valence-electron chi connectivity index (χ0n) is 7.54. The van der Waals surface area contributed by atoms with Crippen LogP contribution < -0.4 is 0 Å². The number of nitrogens with zero attached hydrogens (tertiary/aromatic N) is 3. The predicted octanol–water partition coefficient (Wildman–Crippen LogP) is -0.00230. The van der Waals surface area contributed by atoms with Crippen LogP contribution in [-0.4, -0.2) is 32.7 Å². The third-order valence-corrected chi connectivity index (χ3v) is 2.06. The summed E-state index contributed by atoms with van der Waals surface area (Å²) in [4.78, 5) is 15.3. The molecule has 74 valence electrons. The largest absolute Gasteiger partial charge is 0.478 e. The molecule has 0 saturated heterocycles. The topological polar surface area (TPSA) is 76.7 Å². The Kier molecular flexibility index (Phi) is 1.95. The summed E-state index contributed by atoms with van der Waals surface area (Å²) in [5.74, 6) is -0.995. The van der Waals surface area contributed by atoms with Gasteiger partial charge in [-0.2, -0.15) is 5.10 Å². The van der Waals surface area contributed by atoms with Gasteiger partial charge in [-0.1, -0.05) is 5.16 Å². The van der Waals surface area contributed by atoms with Gasteiger partial charge in [0.1, 0.15) is 5.71 Å². The summed E-state index contributed by atoms with van der Waals surface area (Å²) < 4.78 is 1.63.